The van der Waals surface area contributed by atoms with Crippen LogP contribution in [0.1, 0.15) is 27.7 Å². The Bertz CT molecular complexity index is 1330. The highest BCUT2D eigenvalue weighted by atomic mass is 32.2. The summed E-state index contributed by atoms with van der Waals surface area (Å²) in [5.74, 6) is -0.916. The molecule has 5 rings (SSSR count). The lowest BCUT2D eigenvalue weighted by Crippen LogP contribution is -2.29. The summed E-state index contributed by atoms with van der Waals surface area (Å²) in [4.78, 5) is 29.4. The first kappa shape index (κ1) is 18.6. The van der Waals surface area contributed by atoms with Gasteiger partial charge >= 0.3 is 0 Å². The second-order valence-corrected chi connectivity index (χ2v) is 7.88. The molecule has 0 bridgehead atoms. The summed E-state index contributed by atoms with van der Waals surface area (Å²) in [5.41, 5.74) is 1.48. The molecular weight excluding hydrogens is 401 g/mol. The summed E-state index contributed by atoms with van der Waals surface area (Å²) in [5, 5.41) is 0.127. The first-order valence-corrected chi connectivity index (χ1v) is 10.6. The topological polar surface area (TPSA) is 50.5 Å². The second-order valence-electron chi connectivity index (χ2n) is 7.00. The molecule has 2 heterocycles. The average Bonchev–Trinajstić information content (AvgIpc) is 3.07. The number of hydrogen-bond donors (Lipinski definition) is 0. The van der Waals surface area contributed by atoms with Crippen LogP contribution in [0.4, 0.5) is 10.1 Å². The third-order valence-electron chi connectivity index (χ3n) is 5.30. The van der Waals surface area contributed by atoms with Crippen molar-refractivity contribution in [2.45, 2.75) is 10.9 Å². The van der Waals surface area contributed by atoms with E-state index in [9.17, 15) is 14.0 Å². The number of anilines is 1. The van der Waals surface area contributed by atoms with Gasteiger partial charge in [-0.25, -0.2) is 4.39 Å². The number of thioether (sulfide) groups is 1. The minimum atomic E-state index is -0.658. The van der Waals surface area contributed by atoms with Crippen molar-refractivity contribution in [2.24, 2.45) is 0 Å². The molecule has 0 fully saturated rings. The monoisotopic (exact) mass is 417 g/mol. The van der Waals surface area contributed by atoms with Crippen molar-refractivity contribution in [3.8, 4) is 0 Å². The summed E-state index contributed by atoms with van der Waals surface area (Å²) in [7, 11) is 0. The molecule has 4 aromatic rings. The molecule has 1 amide bonds. The number of carbonyl (C=O) groups excluding carboxylic acids is 1. The molecule has 0 radical (unpaired) electrons. The van der Waals surface area contributed by atoms with Crippen LogP contribution in [0.15, 0.2) is 86.9 Å². The largest absolute Gasteiger partial charge is 0.450 e. The van der Waals surface area contributed by atoms with Crippen LogP contribution in [-0.2, 0) is 0 Å². The fraction of sp³-hybridized carbons (Fsp3) is 0.0833. The van der Waals surface area contributed by atoms with Crippen LogP contribution in [0.2, 0.25) is 0 Å². The van der Waals surface area contributed by atoms with Crippen LogP contribution >= 0.6 is 11.8 Å². The van der Waals surface area contributed by atoms with Crippen molar-refractivity contribution in [3.63, 3.8) is 0 Å². The molecule has 1 aliphatic rings. The Kier molecular flexibility index (Phi) is 4.44. The van der Waals surface area contributed by atoms with Crippen LogP contribution in [0, 0.1) is 5.82 Å². The Morgan fingerprint density at radius 1 is 0.967 bits per heavy atom. The molecule has 0 spiro atoms. The third-order valence-corrected chi connectivity index (χ3v) is 6.04. The Morgan fingerprint density at radius 2 is 1.70 bits per heavy atom. The number of rotatable bonds is 3. The van der Waals surface area contributed by atoms with E-state index in [1.54, 1.807) is 16.7 Å². The summed E-state index contributed by atoms with van der Waals surface area (Å²) in [6, 6.07) is 20.0. The molecule has 6 heteroatoms. The maximum Gasteiger partial charge on any atom is 0.295 e. The van der Waals surface area contributed by atoms with Crippen molar-refractivity contribution in [1.29, 1.82) is 0 Å². The van der Waals surface area contributed by atoms with Crippen molar-refractivity contribution in [2.75, 3.05) is 11.2 Å². The van der Waals surface area contributed by atoms with Gasteiger partial charge in [-0.1, -0.05) is 30.3 Å². The van der Waals surface area contributed by atoms with Gasteiger partial charge in [0.2, 0.25) is 5.76 Å². The zero-order valence-electron chi connectivity index (χ0n) is 16.0. The number of amides is 1. The molecular formula is C24H16FNO3S. The van der Waals surface area contributed by atoms with Crippen LogP contribution in [0.5, 0.6) is 0 Å². The molecule has 0 saturated heterocycles. The molecule has 4 nitrogen and oxygen atoms in total. The predicted octanol–water partition coefficient (Wildman–Crippen LogP) is 5.40. The molecule has 1 unspecified atom stereocenters. The number of nitrogens with zero attached hydrogens (tertiary/aromatic N) is 1. The van der Waals surface area contributed by atoms with Gasteiger partial charge in [0.15, 0.2) is 5.43 Å². The quantitative estimate of drug-likeness (QED) is 0.419. The summed E-state index contributed by atoms with van der Waals surface area (Å²) < 4.78 is 19.7. The molecule has 3 aromatic carbocycles. The number of halogens is 1. The molecule has 0 aliphatic carbocycles. The van der Waals surface area contributed by atoms with Crippen molar-refractivity contribution < 1.29 is 13.6 Å². The Hall–Kier alpha value is -3.38. The predicted molar refractivity (Wildman–Crippen MR) is 116 cm³/mol. The maximum atomic E-state index is 13.8. The van der Waals surface area contributed by atoms with Gasteiger partial charge in [0.1, 0.15) is 11.4 Å². The number of benzene rings is 3. The standard InChI is InChI=1S/C24H16FNO3S/c1-30-17-10-7-14(8-11-17)21-20-22(27)18-13-15(25)9-12-19(18)29-23(20)24(28)26(21)16-5-3-2-4-6-16/h2-13,21H,1H3. The zero-order valence-corrected chi connectivity index (χ0v) is 16.8. The maximum absolute atomic E-state index is 13.8. The average molecular weight is 417 g/mol. The third kappa shape index (κ3) is 2.83. The van der Waals surface area contributed by atoms with E-state index in [1.165, 1.54) is 12.1 Å². The zero-order chi connectivity index (χ0) is 20.8. The van der Waals surface area contributed by atoms with E-state index in [0.717, 1.165) is 16.5 Å². The van der Waals surface area contributed by atoms with Crippen molar-refractivity contribution in [1.82, 2.24) is 0 Å². The van der Waals surface area contributed by atoms with Crippen molar-refractivity contribution in [3.05, 3.63) is 106 Å². The summed E-state index contributed by atoms with van der Waals surface area (Å²) in [6.45, 7) is 0. The van der Waals surface area contributed by atoms with Gasteiger partial charge in [0.05, 0.1) is 17.0 Å². The lowest BCUT2D eigenvalue weighted by atomic mass is 9.98. The van der Waals surface area contributed by atoms with Crippen LogP contribution in [0.3, 0.4) is 0 Å². The number of fused-ring (bicyclic) bond motifs is 2. The molecule has 0 N–H and O–H groups in total. The fourth-order valence-corrected chi connectivity index (χ4v) is 4.31. The van der Waals surface area contributed by atoms with Gasteiger partial charge in [0.25, 0.3) is 5.91 Å². The minimum absolute atomic E-state index is 0.00176. The minimum Gasteiger partial charge on any atom is -0.450 e. The number of carbonyl (C=O) groups is 1. The van der Waals surface area contributed by atoms with E-state index in [4.69, 9.17) is 4.42 Å². The Labute approximate surface area is 175 Å². The lowest BCUT2D eigenvalue weighted by molar-refractivity contribution is 0.0971. The smallest absolute Gasteiger partial charge is 0.295 e. The summed E-state index contributed by atoms with van der Waals surface area (Å²) >= 11 is 1.61. The van der Waals surface area contributed by atoms with Gasteiger partial charge < -0.3 is 4.42 Å². The molecule has 0 saturated carbocycles. The van der Waals surface area contributed by atoms with E-state index in [2.05, 4.69) is 0 Å². The van der Waals surface area contributed by atoms with E-state index >= 15 is 0 Å². The van der Waals surface area contributed by atoms with Gasteiger partial charge in [-0.3, -0.25) is 14.5 Å². The molecule has 30 heavy (non-hydrogen) atoms. The van der Waals surface area contributed by atoms with Gasteiger partial charge in [-0.05, 0) is 54.3 Å². The first-order chi connectivity index (χ1) is 14.6. The highest BCUT2D eigenvalue weighted by Crippen LogP contribution is 2.41. The van der Waals surface area contributed by atoms with Crippen LogP contribution in [-0.4, -0.2) is 12.2 Å². The van der Waals surface area contributed by atoms with Gasteiger partial charge in [-0.15, -0.1) is 11.8 Å². The van der Waals surface area contributed by atoms with Gasteiger partial charge in [0, 0.05) is 10.6 Å². The molecule has 1 aromatic heterocycles. The van der Waals surface area contributed by atoms with Crippen molar-refractivity contribution >= 4 is 34.3 Å². The Morgan fingerprint density at radius 3 is 2.40 bits per heavy atom. The Balaban J connectivity index is 1.80. The normalized spacial score (nSPS) is 15.6. The highest BCUT2D eigenvalue weighted by molar-refractivity contribution is 7.98. The van der Waals surface area contributed by atoms with E-state index < -0.39 is 23.2 Å². The molecule has 1 aliphatic heterocycles. The first-order valence-electron chi connectivity index (χ1n) is 9.37. The fourth-order valence-electron chi connectivity index (χ4n) is 3.90. The SMILES string of the molecule is CSc1ccc(C2c3c(oc4ccc(F)cc4c3=O)C(=O)N2c2ccccc2)cc1. The number of para-hydroxylation sites is 1. The highest BCUT2D eigenvalue weighted by Gasteiger charge is 2.43. The van der Waals surface area contributed by atoms with Crippen LogP contribution in [0.25, 0.3) is 11.0 Å². The van der Waals surface area contributed by atoms with E-state index in [1.807, 2.05) is 60.9 Å². The van der Waals surface area contributed by atoms with E-state index in [0.29, 0.717) is 5.69 Å². The molecule has 148 valence electrons. The van der Waals surface area contributed by atoms with Crippen LogP contribution < -0.4 is 10.3 Å². The van der Waals surface area contributed by atoms with Gasteiger partial charge in [-0.2, -0.15) is 0 Å². The van der Waals surface area contributed by atoms with E-state index in [-0.39, 0.29) is 22.3 Å². The number of hydrogen-bond acceptors (Lipinski definition) is 4. The second kappa shape index (κ2) is 7.15. The lowest BCUT2D eigenvalue weighted by Gasteiger charge is -2.25. The summed E-state index contributed by atoms with van der Waals surface area (Å²) in [6.07, 6.45) is 1.98. The molecule has 1 atom stereocenters.